The number of anilines is 1. The molecule has 4 rings (SSSR count). The van der Waals surface area contributed by atoms with E-state index in [1.807, 2.05) is 12.1 Å². The highest BCUT2D eigenvalue weighted by atomic mass is 16.5. The summed E-state index contributed by atoms with van der Waals surface area (Å²) < 4.78 is 18.2. The molecule has 2 aromatic rings. The third-order valence-corrected chi connectivity index (χ3v) is 5.28. The summed E-state index contributed by atoms with van der Waals surface area (Å²) in [7, 11) is 4.71. The Bertz CT molecular complexity index is 951. The van der Waals surface area contributed by atoms with Gasteiger partial charge in [-0.25, -0.2) is 4.68 Å². The van der Waals surface area contributed by atoms with Gasteiger partial charge in [-0.1, -0.05) is 13.8 Å². The predicted octanol–water partition coefficient (Wildman–Crippen LogP) is 2.96. The average Bonchev–Trinajstić information content (AvgIpc) is 3.12. The monoisotopic (exact) mass is 384 g/mol. The first kappa shape index (κ1) is 18.3. The molecular formula is C20H24N4O4. The topological polar surface area (TPSA) is 87.5 Å². The summed E-state index contributed by atoms with van der Waals surface area (Å²) >= 11 is 0. The van der Waals surface area contributed by atoms with Crippen LogP contribution in [0.25, 0.3) is 0 Å². The van der Waals surface area contributed by atoms with Crippen LogP contribution in [0.1, 0.15) is 38.3 Å². The number of ether oxygens (including phenoxy) is 3. The number of nitrogens with zero attached hydrogens (tertiary/aromatic N) is 3. The van der Waals surface area contributed by atoms with E-state index in [1.165, 1.54) is 6.33 Å². The number of aromatic nitrogens is 3. The van der Waals surface area contributed by atoms with Crippen LogP contribution >= 0.6 is 0 Å². The molecule has 0 radical (unpaired) electrons. The fraction of sp³-hybridized carbons (Fsp3) is 0.450. The molecular weight excluding hydrogens is 360 g/mol. The van der Waals surface area contributed by atoms with Crippen molar-refractivity contribution in [3.8, 4) is 17.2 Å². The van der Waals surface area contributed by atoms with Gasteiger partial charge in [0, 0.05) is 17.7 Å². The molecule has 28 heavy (non-hydrogen) atoms. The first-order valence-electron chi connectivity index (χ1n) is 9.11. The maximum atomic E-state index is 13.1. The fourth-order valence-electron chi connectivity index (χ4n) is 4.12. The number of carbonyl (C=O) groups excluding carboxylic acids is 1. The molecule has 1 atom stereocenters. The smallest absolute Gasteiger partial charge is 0.226 e. The van der Waals surface area contributed by atoms with Crippen LogP contribution in [0.15, 0.2) is 29.7 Å². The van der Waals surface area contributed by atoms with Crippen LogP contribution < -0.4 is 19.5 Å². The number of nitrogens with one attached hydrogen (secondary N) is 1. The number of methoxy groups -OCH3 is 3. The van der Waals surface area contributed by atoms with Crippen LogP contribution in [-0.2, 0) is 4.79 Å². The Balaban J connectivity index is 1.93. The first-order valence-corrected chi connectivity index (χ1v) is 9.11. The fourth-order valence-corrected chi connectivity index (χ4v) is 4.12. The molecule has 0 bridgehead atoms. The molecule has 1 unspecified atom stereocenters. The number of benzene rings is 1. The Labute approximate surface area is 163 Å². The second-order valence-electron chi connectivity index (χ2n) is 7.85. The zero-order valence-electron chi connectivity index (χ0n) is 16.7. The third kappa shape index (κ3) is 2.80. The van der Waals surface area contributed by atoms with Gasteiger partial charge >= 0.3 is 0 Å². The van der Waals surface area contributed by atoms with E-state index in [9.17, 15) is 4.79 Å². The standard InChI is InChI=1S/C20H24N4O4/c1-20(2)8-12-16(13(25)9-20)17(24-19(23-12)21-10-22-24)11-6-14(26-3)18(28-5)15(7-11)27-4/h6-7,10,17H,8-9H2,1-5H3,(H,21,22,23). The molecule has 0 spiro atoms. The highest BCUT2D eigenvalue weighted by molar-refractivity contribution is 6.00. The van der Waals surface area contributed by atoms with Crippen LogP contribution in [0.2, 0.25) is 0 Å². The Hall–Kier alpha value is -3.03. The summed E-state index contributed by atoms with van der Waals surface area (Å²) in [6.07, 6.45) is 2.74. The van der Waals surface area contributed by atoms with Gasteiger partial charge in [-0.15, -0.1) is 0 Å². The van der Waals surface area contributed by atoms with E-state index in [0.717, 1.165) is 17.7 Å². The highest BCUT2D eigenvalue weighted by Gasteiger charge is 2.41. The predicted molar refractivity (Wildman–Crippen MR) is 103 cm³/mol. The number of Topliss-reactive ketones (excluding diaryl/α,β-unsaturated/α-hetero) is 1. The molecule has 2 aliphatic rings. The average molecular weight is 384 g/mol. The van der Waals surface area contributed by atoms with Crippen molar-refractivity contribution >= 4 is 11.7 Å². The van der Waals surface area contributed by atoms with Crippen molar-refractivity contribution in [2.24, 2.45) is 5.41 Å². The molecule has 1 aliphatic heterocycles. The summed E-state index contributed by atoms with van der Waals surface area (Å²) in [5, 5.41) is 7.68. The number of carbonyl (C=O) groups is 1. The van der Waals surface area contributed by atoms with E-state index >= 15 is 0 Å². The Morgan fingerprint density at radius 2 is 1.79 bits per heavy atom. The van der Waals surface area contributed by atoms with Gasteiger partial charge in [0.1, 0.15) is 12.4 Å². The van der Waals surface area contributed by atoms with Crippen LogP contribution in [-0.4, -0.2) is 41.9 Å². The minimum Gasteiger partial charge on any atom is -0.493 e. The van der Waals surface area contributed by atoms with Crippen molar-refractivity contribution in [3.05, 3.63) is 35.3 Å². The Morgan fingerprint density at radius 1 is 1.11 bits per heavy atom. The van der Waals surface area contributed by atoms with Crippen LogP contribution in [0, 0.1) is 5.41 Å². The summed E-state index contributed by atoms with van der Waals surface area (Å²) in [6, 6.07) is 3.31. The van der Waals surface area contributed by atoms with E-state index in [-0.39, 0.29) is 11.2 Å². The largest absolute Gasteiger partial charge is 0.493 e. The van der Waals surface area contributed by atoms with Gasteiger partial charge in [-0.2, -0.15) is 10.1 Å². The molecule has 0 saturated heterocycles. The maximum Gasteiger partial charge on any atom is 0.226 e. The van der Waals surface area contributed by atoms with E-state index in [2.05, 4.69) is 29.2 Å². The minimum absolute atomic E-state index is 0.106. The summed E-state index contributed by atoms with van der Waals surface area (Å²) in [4.78, 5) is 17.5. The molecule has 148 valence electrons. The lowest BCUT2D eigenvalue weighted by Gasteiger charge is -2.38. The zero-order chi connectivity index (χ0) is 20.1. The van der Waals surface area contributed by atoms with Crippen LogP contribution in [0.4, 0.5) is 5.95 Å². The minimum atomic E-state index is -0.411. The van der Waals surface area contributed by atoms with Gasteiger partial charge in [0.2, 0.25) is 11.7 Å². The molecule has 1 aromatic heterocycles. The van der Waals surface area contributed by atoms with Crippen molar-refractivity contribution in [1.29, 1.82) is 0 Å². The summed E-state index contributed by atoms with van der Waals surface area (Å²) in [5.41, 5.74) is 2.33. The highest BCUT2D eigenvalue weighted by Crippen LogP contribution is 2.47. The van der Waals surface area contributed by atoms with Gasteiger partial charge in [-0.05, 0) is 29.5 Å². The molecule has 8 nitrogen and oxygen atoms in total. The number of ketones is 1. The zero-order valence-corrected chi connectivity index (χ0v) is 16.7. The number of allylic oxidation sites excluding steroid dienone is 2. The molecule has 0 fully saturated rings. The van der Waals surface area contributed by atoms with E-state index in [0.29, 0.717) is 35.2 Å². The number of hydrogen-bond donors (Lipinski definition) is 1. The summed E-state index contributed by atoms with van der Waals surface area (Å²) in [6.45, 7) is 4.20. The van der Waals surface area contributed by atoms with E-state index < -0.39 is 6.04 Å². The number of hydrogen-bond acceptors (Lipinski definition) is 7. The molecule has 1 aliphatic carbocycles. The third-order valence-electron chi connectivity index (χ3n) is 5.28. The molecule has 1 aromatic carbocycles. The van der Waals surface area contributed by atoms with Gasteiger partial charge in [-0.3, -0.25) is 4.79 Å². The number of rotatable bonds is 4. The molecule has 0 saturated carbocycles. The van der Waals surface area contributed by atoms with Gasteiger partial charge in [0.05, 0.1) is 21.3 Å². The summed E-state index contributed by atoms with van der Waals surface area (Å²) in [5.74, 6) is 2.29. The number of fused-ring (bicyclic) bond motifs is 1. The van der Waals surface area contributed by atoms with Crippen LogP contribution in [0.3, 0.4) is 0 Å². The van der Waals surface area contributed by atoms with Crippen molar-refractivity contribution in [1.82, 2.24) is 14.8 Å². The lowest BCUT2D eigenvalue weighted by molar-refractivity contribution is -0.118. The van der Waals surface area contributed by atoms with Crippen molar-refractivity contribution < 1.29 is 19.0 Å². The molecule has 2 heterocycles. The second-order valence-corrected chi connectivity index (χ2v) is 7.85. The van der Waals surface area contributed by atoms with Crippen molar-refractivity contribution in [3.63, 3.8) is 0 Å². The molecule has 0 amide bonds. The SMILES string of the molecule is COc1cc(C2C3=C(CC(C)(C)CC3=O)Nc3ncnn32)cc(OC)c1OC. The van der Waals surface area contributed by atoms with Gasteiger partial charge < -0.3 is 19.5 Å². The Morgan fingerprint density at radius 3 is 2.39 bits per heavy atom. The second kappa shape index (κ2) is 6.54. The van der Waals surface area contributed by atoms with E-state index in [4.69, 9.17) is 14.2 Å². The molecule has 1 N–H and O–H groups in total. The lowest BCUT2D eigenvalue weighted by atomic mass is 9.73. The quantitative estimate of drug-likeness (QED) is 0.867. The van der Waals surface area contributed by atoms with E-state index in [1.54, 1.807) is 26.0 Å². The van der Waals surface area contributed by atoms with Crippen molar-refractivity contribution in [2.45, 2.75) is 32.7 Å². The maximum absolute atomic E-state index is 13.1. The Kier molecular flexibility index (Phi) is 4.28. The normalized spacial score (nSPS) is 20.2. The lowest BCUT2D eigenvalue weighted by Crippen LogP contribution is -2.36. The van der Waals surface area contributed by atoms with Gasteiger partial charge in [0.15, 0.2) is 17.3 Å². The molecule has 8 heteroatoms. The van der Waals surface area contributed by atoms with Gasteiger partial charge in [0.25, 0.3) is 0 Å². The first-order chi connectivity index (χ1) is 13.4. The van der Waals surface area contributed by atoms with Crippen LogP contribution in [0.5, 0.6) is 17.2 Å². The van der Waals surface area contributed by atoms with Crippen molar-refractivity contribution in [2.75, 3.05) is 26.6 Å².